The lowest BCUT2D eigenvalue weighted by molar-refractivity contribution is -0.136. The summed E-state index contributed by atoms with van der Waals surface area (Å²) in [5, 5.41) is 2.33. The molecule has 0 aromatic heterocycles. The zero-order valence-corrected chi connectivity index (χ0v) is 9.73. The van der Waals surface area contributed by atoms with Crippen molar-refractivity contribution in [1.82, 2.24) is 5.32 Å². The van der Waals surface area contributed by atoms with Gasteiger partial charge < -0.3 is 4.74 Å². The zero-order chi connectivity index (χ0) is 12.3. The van der Waals surface area contributed by atoms with Crippen LogP contribution in [-0.2, 0) is 19.7 Å². The molecule has 4 heteroatoms. The van der Waals surface area contributed by atoms with E-state index in [1.54, 1.807) is 7.11 Å². The highest BCUT2D eigenvalue weighted by Gasteiger charge is 2.41. The van der Waals surface area contributed by atoms with Crippen molar-refractivity contribution in [3.63, 3.8) is 0 Å². The van der Waals surface area contributed by atoms with Crippen LogP contribution in [0.25, 0.3) is 0 Å². The highest BCUT2D eigenvalue weighted by atomic mass is 16.5. The van der Waals surface area contributed by atoms with Crippen LogP contribution in [0.1, 0.15) is 18.4 Å². The van der Waals surface area contributed by atoms with Gasteiger partial charge in [0.05, 0.1) is 6.61 Å². The minimum Gasteiger partial charge on any atom is -0.384 e. The number of hydrogen-bond donors (Lipinski definition) is 1. The maximum absolute atomic E-state index is 11.5. The molecule has 0 unspecified atom stereocenters. The van der Waals surface area contributed by atoms with Gasteiger partial charge in [0.25, 0.3) is 0 Å². The van der Waals surface area contributed by atoms with Crippen LogP contribution in [0.15, 0.2) is 30.3 Å². The smallest absolute Gasteiger partial charge is 0.227 e. The minimum atomic E-state index is -0.518. The second-order valence-electron chi connectivity index (χ2n) is 4.40. The Balaban J connectivity index is 2.38. The van der Waals surface area contributed by atoms with Crippen LogP contribution in [0.4, 0.5) is 0 Å². The highest BCUT2D eigenvalue weighted by Crippen LogP contribution is 2.34. The summed E-state index contributed by atoms with van der Waals surface area (Å²) < 4.78 is 5.20. The first-order chi connectivity index (χ1) is 8.16. The zero-order valence-electron chi connectivity index (χ0n) is 9.73. The predicted molar refractivity (Wildman–Crippen MR) is 62.4 cm³/mol. The molecule has 1 aliphatic rings. The molecule has 17 heavy (non-hydrogen) atoms. The second kappa shape index (κ2) is 4.67. The van der Waals surface area contributed by atoms with Crippen molar-refractivity contribution in [2.24, 2.45) is 0 Å². The summed E-state index contributed by atoms with van der Waals surface area (Å²) in [6.45, 7) is 0.371. The van der Waals surface area contributed by atoms with Gasteiger partial charge in [-0.3, -0.25) is 14.9 Å². The van der Waals surface area contributed by atoms with Crippen molar-refractivity contribution in [3.05, 3.63) is 35.9 Å². The van der Waals surface area contributed by atoms with Crippen LogP contribution in [-0.4, -0.2) is 25.5 Å². The maximum atomic E-state index is 11.5. The fourth-order valence-corrected chi connectivity index (χ4v) is 2.38. The first-order valence-corrected chi connectivity index (χ1v) is 5.53. The molecule has 1 aromatic carbocycles. The molecular weight excluding hydrogens is 218 g/mol. The molecule has 1 aliphatic heterocycles. The summed E-state index contributed by atoms with van der Waals surface area (Å²) in [5.74, 6) is -0.468. The van der Waals surface area contributed by atoms with Crippen LogP contribution in [0.2, 0.25) is 0 Å². The van der Waals surface area contributed by atoms with Crippen molar-refractivity contribution in [3.8, 4) is 0 Å². The van der Waals surface area contributed by atoms with Crippen LogP contribution >= 0.6 is 0 Å². The molecule has 0 radical (unpaired) electrons. The lowest BCUT2D eigenvalue weighted by atomic mass is 9.73. The molecule has 4 nitrogen and oxygen atoms in total. The van der Waals surface area contributed by atoms with Crippen LogP contribution in [0.5, 0.6) is 0 Å². The van der Waals surface area contributed by atoms with Crippen LogP contribution in [0, 0.1) is 0 Å². The Bertz CT molecular complexity index is 412. The number of ether oxygens (including phenoxy) is 1. The van der Waals surface area contributed by atoms with Crippen LogP contribution < -0.4 is 5.32 Å². The number of imide groups is 1. The molecule has 1 fully saturated rings. The van der Waals surface area contributed by atoms with E-state index >= 15 is 0 Å². The Morgan fingerprint density at radius 2 is 1.76 bits per heavy atom. The standard InChI is InChI=1S/C13H15NO3/c1-17-9-13(10-5-3-2-4-6-10)7-11(15)14-12(16)8-13/h2-6H,7-9H2,1H3,(H,14,15,16). The molecule has 0 atom stereocenters. The first kappa shape index (κ1) is 11.8. The van der Waals surface area contributed by atoms with Gasteiger partial charge >= 0.3 is 0 Å². The van der Waals surface area contributed by atoms with Gasteiger partial charge in [-0.05, 0) is 5.56 Å². The van der Waals surface area contributed by atoms with Crippen molar-refractivity contribution in [1.29, 1.82) is 0 Å². The number of carbonyl (C=O) groups is 2. The summed E-state index contributed by atoms with van der Waals surface area (Å²) in [7, 11) is 1.58. The molecule has 0 bridgehead atoms. The van der Waals surface area contributed by atoms with E-state index < -0.39 is 5.41 Å². The average Bonchev–Trinajstić information content (AvgIpc) is 2.29. The van der Waals surface area contributed by atoms with E-state index in [-0.39, 0.29) is 24.7 Å². The quantitative estimate of drug-likeness (QED) is 0.793. The minimum absolute atomic E-state index is 0.234. The third-order valence-corrected chi connectivity index (χ3v) is 3.08. The molecular formula is C13H15NO3. The predicted octanol–water partition coefficient (Wildman–Crippen LogP) is 1.01. The lowest BCUT2D eigenvalue weighted by Crippen LogP contribution is -2.49. The lowest BCUT2D eigenvalue weighted by Gasteiger charge is -2.35. The molecule has 2 amide bonds. The number of hydrogen-bond acceptors (Lipinski definition) is 3. The van der Waals surface area contributed by atoms with E-state index in [1.807, 2.05) is 30.3 Å². The fourth-order valence-electron chi connectivity index (χ4n) is 2.38. The molecule has 90 valence electrons. The summed E-state index contributed by atoms with van der Waals surface area (Å²) in [6.07, 6.45) is 0.577. The van der Waals surface area contributed by atoms with E-state index in [4.69, 9.17) is 4.74 Å². The average molecular weight is 233 g/mol. The Morgan fingerprint density at radius 3 is 2.29 bits per heavy atom. The van der Waals surface area contributed by atoms with Gasteiger partial charge in [0, 0.05) is 25.4 Å². The molecule has 0 saturated carbocycles. The number of amides is 2. The molecule has 0 aliphatic carbocycles. The SMILES string of the molecule is COCC1(c2ccccc2)CC(=O)NC(=O)C1. The van der Waals surface area contributed by atoms with Gasteiger partial charge in [-0.25, -0.2) is 0 Å². The van der Waals surface area contributed by atoms with Gasteiger partial charge in [0.2, 0.25) is 11.8 Å². The molecule has 1 heterocycles. The van der Waals surface area contributed by atoms with Crippen molar-refractivity contribution >= 4 is 11.8 Å². The number of rotatable bonds is 3. The molecule has 1 saturated heterocycles. The van der Waals surface area contributed by atoms with Crippen molar-refractivity contribution < 1.29 is 14.3 Å². The summed E-state index contributed by atoms with van der Waals surface area (Å²) >= 11 is 0. The molecule has 1 aromatic rings. The van der Waals surface area contributed by atoms with E-state index in [9.17, 15) is 9.59 Å². The largest absolute Gasteiger partial charge is 0.384 e. The number of carbonyl (C=O) groups excluding carboxylic acids is 2. The maximum Gasteiger partial charge on any atom is 0.227 e. The Hall–Kier alpha value is -1.68. The third-order valence-electron chi connectivity index (χ3n) is 3.08. The van der Waals surface area contributed by atoms with Gasteiger partial charge in [-0.2, -0.15) is 0 Å². The molecule has 0 spiro atoms. The topological polar surface area (TPSA) is 55.4 Å². The van der Waals surface area contributed by atoms with Crippen molar-refractivity contribution in [2.75, 3.05) is 13.7 Å². The monoisotopic (exact) mass is 233 g/mol. The van der Waals surface area contributed by atoms with E-state index in [1.165, 1.54) is 0 Å². The Labute approximate surface area is 100.0 Å². The normalized spacial score (nSPS) is 18.9. The number of nitrogens with one attached hydrogen (secondary N) is 1. The van der Waals surface area contributed by atoms with E-state index in [0.717, 1.165) is 5.56 Å². The Kier molecular flexibility index (Phi) is 3.24. The number of methoxy groups -OCH3 is 1. The third kappa shape index (κ3) is 2.36. The van der Waals surface area contributed by atoms with Gasteiger partial charge in [0.1, 0.15) is 0 Å². The highest BCUT2D eigenvalue weighted by molar-refractivity contribution is 5.99. The van der Waals surface area contributed by atoms with E-state index in [2.05, 4.69) is 5.32 Å². The Morgan fingerprint density at radius 1 is 1.18 bits per heavy atom. The summed E-state index contributed by atoms with van der Waals surface area (Å²) in [6, 6.07) is 9.60. The van der Waals surface area contributed by atoms with Crippen molar-refractivity contribution in [2.45, 2.75) is 18.3 Å². The fraction of sp³-hybridized carbons (Fsp3) is 0.385. The molecule has 2 rings (SSSR count). The van der Waals surface area contributed by atoms with Crippen LogP contribution in [0.3, 0.4) is 0 Å². The van der Waals surface area contributed by atoms with Gasteiger partial charge in [0.15, 0.2) is 0 Å². The summed E-state index contributed by atoms with van der Waals surface area (Å²) in [4.78, 5) is 23.1. The van der Waals surface area contributed by atoms with Gasteiger partial charge in [-0.1, -0.05) is 30.3 Å². The number of piperidine rings is 1. The summed E-state index contributed by atoms with van der Waals surface area (Å²) in [5.41, 5.74) is 0.458. The number of benzene rings is 1. The van der Waals surface area contributed by atoms with Gasteiger partial charge in [-0.15, -0.1) is 0 Å². The first-order valence-electron chi connectivity index (χ1n) is 5.53. The van der Waals surface area contributed by atoms with E-state index in [0.29, 0.717) is 6.61 Å². The molecule has 1 N–H and O–H groups in total. The second-order valence-corrected chi connectivity index (χ2v) is 4.40.